The lowest BCUT2D eigenvalue weighted by atomic mass is 10.0. The molecule has 1 unspecified atom stereocenters. The van der Waals surface area contributed by atoms with E-state index in [0.29, 0.717) is 12.5 Å². The Bertz CT molecular complexity index is 216. The second-order valence-corrected chi connectivity index (χ2v) is 4.37. The van der Waals surface area contributed by atoms with E-state index in [9.17, 15) is 9.59 Å². The van der Waals surface area contributed by atoms with E-state index in [1.54, 1.807) is 0 Å². The first-order valence-corrected chi connectivity index (χ1v) is 6.36. The molecule has 0 rings (SSSR count). The van der Waals surface area contributed by atoms with Crippen LogP contribution in [0.4, 0.5) is 0 Å². The van der Waals surface area contributed by atoms with Gasteiger partial charge in [-0.15, -0.1) is 11.6 Å². The molecule has 4 heteroatoms. The van der Waals surface area contributed by atoms with Crippen LogP contribution in [0.5, 0.6) is 0 Å². The first-order valence-electron chi connectivity index (χ1n) is 5.83. The number of carbonyl (C=O) groups is 2. The Morgan fingerprint density at radius 2 is 2.00 bits per heavy atom. The molecule has 0 aromatic heterocycles. The third-order valence-corrected chi connectivity index (χ3v) is 2.67. The van der Waals surface area contributed by atoms with Gasteiger partial charge in [-0.05, 0) is 18.8 Å². The Morgan fingerprint density at radius 1 is 1.31 bits per heavy atom. The van der Waals surface area contributed by atoms with Crippen LogP contribution in [0.1, 0.15) is 46.0 Å². The van der Waals surface area contributed by atoms with Crippen molar-refractivity contribution in [3.05, 3.63) is 0 Å². The van der Waals surface area contributed by atoms with Gasteiger partial charge >= 0.3 is 5.97 Å². The van der Waals surface area contributed by atoms with E-state index in [2.05, 4.69) is 13.8 Å². The van der Waals surface area contributed by atoms with Crippen molar-refractivity contribution in [2.75, 3.05) is 12.5 Å². The summed E-state index contributed by atoms with van der Waals surface area (Å²) in [6.07, 6.45) is 4.12. The van der Waals surface area contributed by atoms with E-state index in [0.717, 1.165) is 12.8 Å². The molecule has 0 saturated heterocycles. The quantitative estimate of drug-likeness (QED) is 0.273. The van der Waals surface area contributed by atoms with Crippen molar-refractivity contribution >= 4 is 23.4 Å². The van der Waals surface area contributed by atoms with Gasteiger partial charge in [0.15, 0.2) is 5.78 Å². The number of alkyl halides is 1. The highest BCUT2D eigenvalue weighted by Crippen LogP contribution is 2.12. The number of Topliss-reactive ketones (excluding diaryl/α,β-unsaturated/α-hetero) is 1. The number of rotatable bonds is 9. The van der Waals surface area contributed by atoms with Crippen molar-refractivity contribution in [3.8, 4) is 0 Å². The number of hydrogen-bond acceptors (Lipinski definition) is 3. The summed E-state index contributed by atoms with van der Waals surface area (Å²) >= 11 is 5.28. The molecule has 0 aliphatic heterocycles. The van der Waals surface area contributed by atoms with Crippen LogP contribution < -0.4 is 0 Å². The summed E-state index contributed by atoms with van der Waals surface area (Å²) in [6, 6.07) is 0. The third-order valence-electron chi connectivity index (χ3n) is 2.38. The van der Waals surface area contributed by atoms with Crippen molar-refractivity contribution in [1.29, 1.82) is 0 Å². The molecule has 0 fully saturated rings. The van der Waals surface area contributed by atoms with Gasteiger partial charge in [0, 0.05) is 0 Å². The standard InChI is InChI=1S/C12H21ClO3/c1-3-5-10(2)6-4-7-16-12(15)8-11(14)9-13/h10H,3-9H2,1-2H3. The zero-order chi connectivity index (χ0) is 12.4. The van der Waals surface area contributed by atoms with E-state index >= 15 is 0 Å². The monoisotopic (exact) mass is 248 g/mol. The van der Waals surface area contributed by atoms with Crippen LogP contribution in [-0.4, -0.2) is 24.2 Å². The normalized spacial score (nSPS) is 12.2. The molecule has 0 aromatic rings. The molecule has 0 aliphatic rings. The summed E-state index contributed by atoms with van der Waals surface area (Å²) in [4.78, 5) is 21.9. The summed E-state index contributed by atoms with van der Waals surface area (Å²) in [5.41, 5.74) is 0. The topological polar surface area (TPSA) is 43.4 Å². The van der Waals surface area contributed by atoms with Crippen LogP contribution in [0.25, 0.3) is 0 Å². The highest BCUT2D eigenvalue weighted by atomic mass is 35.5. The summed E-state index contributed by atoms with van der Waals surface area (Å²) in [5.74, 6) is -0.198. The predicted octanol–water partition coefficient (Wildman–Crippen LogP) is 2.94. The number of halogens is 1. The molecule has 0 N–H and O–H groups in total. The molecular weight excluding hydrogens is 228 g/mol. The molecule has 0 heterocycles. The minimum absolute atomic E-state index is 0.122. The van der Waals surface area contributed by atoms with Gasteiger partial charge < -0.3 is 4.74 Å². The van der Waals surface area contributed by atoms with Gasteiger partial charge in [-0.25, -0.2) is 0 Å². The zero-order valence-corrected chi connectivity index (χ0v) is 10.9. The van der Waals surface area contributed by atoms with Gasteiger partial charge in [-0.2, -0.15) is 0 Å². The highest BCUT2D eigenvalue weighted by Gasteiger charge is 2.09. The molecule has 0 radical (unpaired) electrons. The van der Waals surface area contributed by atoms with Crippen molar-refractivity contribution in [2.45, 2.75) is 46.0 Å². The van der Waals surface area contributed by atoms with Gasteiger partial charge in [0.2, 0.25) is 0 Å². The number of hydrogen-bond donors (Lipinski definition) is 0. The molecule has 0 bridgehead atoms. The Hall–Kier alpha value is -0.570. The lowest BCUT2D eigenvalue weighted by molar-refractivity contribution is -0.145. The number of esters is 1. The van der Waals surface area contributed by atoms with Gasteiger partial charge in [0.25, 0.3) is 0 Å². The average molecular weight is 249 g/mol. The van der Waals surface area contributed by atoms with E-state index in [1.165, 1.54) is 12.8 Å². The largest absolute Gasteiger partial charge is 0.465 e. The van der Waals surface area contributed by atoms with Crippen LogP contribution in [-0.2, 0) is 14.3 Å². The maximum absolute atomic E-state index is 11.1. The molecule has 0 spiro atoms. The van der Waals surface area contributed by atoms with E-state index in [-0.39, 0.29) is 18.1 Å². The molecule has 0 aliphatic carbocycles. The maximum atomic E-state index is 11.1. The third kappa shape index (κ3) is 8.72. The molecule has 16 heavy (non-hydrogen) atoms. The Balaban J connectivity index is 3.44. The van der Waals surface area contributed by atoms with Crippen molar-refractivity contribution in [1.82, 2.24) is 0 Å². The Morgan fingerprint density at radius 3 is 2.56 bits per heavy atom. The minimum atomic E-state index is -0.464. The number of carbonyl (C=O) groups excluding carboxylic acids is 2. The van der Waals surface area contributed by atoms with Crippen molar-refractivity contribution in [2.24, 2.45) is 5.92 Å². The summed E-state index contributed by atoms with van der Waals surface area (Å²) in [6.45, 7) is 4.76. The number of ketones is 1. The van der Waals surface area contributed by atoms with Crippen LogP contribution >= 0.6 is 11.6 Å². The Kier molecular flexibility index (Phi) is 9.30. The summed E-state index contributed by atoms with van der Waals surface area (Å²) in [5, 5.41) is 0. The fraction of sp³-hybridized carbons (Fsp3) is 0.833. The van der Waals surface area contributed by atoms with Gasteiger partial charge in [0.05, 0.1) is 12.5 Å². The smallest absolute Gasteiger partial charge is 0.313 e. The summed E-state index contributed by atoms with van der Waals surface area (Å²) in [7, 11) is 0. The molecular formula is C12H21ClO3. The van der Waals surface area contributed by atoms with Crippen LogP contribution in [0, 0.1) is 5.92 Å². The molecule has 94 valence electrons. The van der Waals surface area contributed by atoms with Crippen LogP contribution in [0.15, 0.2) is 0 Å². The fourth-order valence-corrected chi connectivity index (χ4v) is 1.61. The van der Waals surface area contributed by atoms with E-state index < -0.39 is 5.97 Å². The van der Waals surface area contributed by atoms with Crippen LogP contribution in [0.3, 0.4) is 0 Å². The first kappa shape index (κ1) is 15.4. The van der Waals surface area contributed by atoms with Crippen molar-refractivity contribution in [3.63, 3.8) is 0 Å². The predicted molar refractivity (Wildman–Crippen MR) is 64.6 cm³/mol. The zero-order valence-electron chi connectivity index (χ0n) is 10.1. The van der Waals surface area contributed by atoms with Crippen molar-refractivity contribution < 1.29 is 14.3 Å². The van der Waals surface area contributed by atoms with Gasteiger partial charge in [-0.3, -0.25) is 9.59 Å². The molecule has 3 nitrogen and oxygen atoms in total. The molecule has 0 saturated carbocycles. The second-order valence-electron chi connectivity index (χ2n) is 4.11. The minimum Gasteiger partial charge on any atom is -0.465 e. The van der Waals surface area contributed by atoms with Gasteiger partial charge in [0.1, 0.15) is 6.42 Å². The molecule has 0 amide bonds. The SMILES string of the molecule is CCCC(C)CCCOC(=O)CC(=O)CCl. The Labute approximate surface area is 102 Å². The summed E-state index contributed by atoms with van der Waals surface area (Å²) < 4.78 is 4.92. The molecule has 1 atom stereocenters. The number of ether oxygens (including phenoxy) is 1. The average Bonchev–Trinajstić information content (AvgIpc) is 2.24. The lowest BCUT2D eigenvalue weighted by Gasteiger charge is -2.09. The molecule has 0 aromatic carbocycles. The van der Waals surface area contributed by atoms with E-state index in [4.69, 9.17) is 16.3 Å². The van der Waals surface area contributed by atoms with Crippen LogP contribution in [0.2, 0.25) is 0 Å². The highest BCUT2D eigenvalue weighted by molar-refractivity contribution is 6.28. The maximum Gasteiger partial charge on any atom is 0.313 e. The first-order chi connectivity index (χ1) is 7.60. The fourth-order valence-electron chi connectivity index (χ4n) is 1.51. The second kappa shape index (κ2) is 9.64. The van der Waals surface area contributed by atoms with Gasteiger partial charge in [-0.1, -0.05) is 26.7 Å². The van der Waals surface area contributed by atoms with E-state index in [1.807, 2.05) is 0 Å². The lowest BCUT2D eigenvalue weighted by Crippen LogP contribution is -2.13.